The van der Waals surface area contributed by atoms with Crippen molar-refractivity contribution in [2.24, 2.45) is 5.92 Å². The van der Waals surface area contributed by atoms with Crippen LogP contribution in [0.3, 0.4) is 0 Å². The number of rotatable bonds is 7. The fourth-order valence-electron chi connectivity index (χ4n) is 9.85. The highest BCUT2D eigenvalue weighted by Crippen LogP contribution is 2.53. The van der Waals surface area contributed by atoms with E-state index in [0.29, 0.717) is 5.92 Å². The van der Waals surface area contributed by atoms with E-state index in [4.69, 9.17) is 4.74 Å². The van der Waals surface area contributed by atoms with Gasteiger partial charge >= 0.3 is 0 Å². The van der Waals surface area contributed by atoms with E-state index < -0.39 is 0 Å². The molecular weight excluding hydrogens is 771 g/mol. The topological polar surface area (TPSA) is 12.5 Å². The van der Waals surface area contributed by atoms with Crippen LogP contribution in [0.4, 0.5) is 17.1 Å². The Kier molecular flexibility index (Phi) is 8.90. The molecule has 0 fully saturated rings. The minimum atomic E-state index is 0.140. The third kappa shape index (κ3) is 6.31. The highest BCUT2D eigenvalue weighted by molar-refractivity contribution is 7.25. The lowest BCUT2D eigenvalue weighted by Crippen LogP contribution is -2.13. The van der Waals surface area contributed by atoms with Crippen LogP contribution < -0.4 is 9.64 Å². The zero-order valence-electron chi connectivity index (χ0n) is 34.4. The van der Waals surface area contributed by atoms with Gasteiger partial charge in [0.2, 0.25) is 0 Å². The van der Waals surface area contributed by atoms with E-state index in [1.54, 1.807) is 0 Å². The zero-order valence-corrected chi connectivity index (χ0v) is 35.2. The number of ether oxygens (including phenoxy) is 1. The molecule has 0 amide bonds. The Morgan fingerprint density at radius 2 is 1.29 bits per heavy atom. The van der Waals surface area contributed by atoms with E-state index in [2.05, 4.69) is 224 Å². The SMILES string of the molecule is CC1C=CC(c2cc(-c3ccc(N(c4ccc(C5C=CC=C6Oc7c(ccc8ccccc78)C65)cc4)c4ccc5c(c4)sc4ccccc45)cc3)ccc2-c2ccccc2)=CC1. The minimum Gasteiger partial charge on any atom is -0.460 e. The summed E-state index contributed by atoms with van der Waals surface area (Å²) in [7, 11) is 0. The van der Waals surface area contributed by atoms with Crippen molar-refractivity contribution < 1.29 is 4.74 Å². The van der Waals surface area contributed by atoms with Gasteiger partial charge in [0.15, 0.2) is 0 Å². The molecule has 9 aromatic rings. The molecule has 0 spiro atoms. The Hall–Kier alpha value is -7.20. The Morgan fingerprint density at radius 3 is 2.11 bits per heavy atom. The third-order valence-electron chi connectivity index (χ3n) is 13.1. The first-order valence-electron chi connectivity index (χ1n) is 21.7. The minimum absolute atomic E-state index is 0.140. The summed E-state index contributed by atoms with van der Waals surface area (Å²) < 4.78 is 9.21. The van der Waals surface area contributed by atoms with Crippen LogP contribution in [0.1, 0.15) is 41.9 Å². The highest BCUT2D eigenvalue weighted by Gasteiger charge is 2.38. The summed E-state index contributed by atoms with van der Waals surface area (Å²) in [5.41, 5.74) is 13.4. The maximum absolute atomic E-state index is 6.62. The van der Waals surface area contributed by atoms with Crippen molar-refractivity contribution in [2.45, 2.75) is 25.2 Å². The lowest BCUT2D eigenvalue weighted by atomic mass is 9.78. The third-order valence-corrected chi connectivity index (χ3v) is 14.2. The van der Waals surface area contributed by atoms with Gasteiger partial charge < -0.3 is 9.64 Å². The number of nitrogens with zero attached hydrogens (tertiary/aromatic N) is 1. The fourth-order valence-corrected chi connectivity index (χ4v) is 11.0. The van der Waals surface area contributed by atoms with Gasteiger partial charge in [-0.05, 0) is 111 Å². The second-order valence-corrected chi connectivity index (χ2v) is 18.0. The van der Waals surface area contributed by atoms with Gasteiger partial charge in [0.25, 0.3) is 0 Å². The molecule has 0 radical (unpaired) electrons. The van der Waals surface area contributed by atoms with Crippen molar-refractivity contribution in [3.05, 3.63) is 235 Å². The number of thiophene rings is 1. The van der Waals surface area contributed by atoms with Crippen LogP contribution in [0.25, 0.3) is 58.8 Å². The predicted molar refractivity (Wildman–Crippen MR) is 263 cm³/mol. The van der Waals surface area contributed by atoms with Crippen LogP contribution in [0.15, 0.2) is 218 Å². The molecule has 1 aliphatic heterocycles. The van der Waals surface area contributed by atoms with Gasteiger partial charge in [-0.3, -0.25) is 0 Å². The van der Waals surface area contributed by atoms with E-state index in [1.165, 1.54) is 75.5 Å². The van der Waals surface area contributed by atoms with E-state index in [0.717, 1.165) is 35.0 Å². The monoisotopic (exact) mass is 813 g/mol. The fraction of sp³-hybridized carbons (Fsp3) is 0.0847. The summed E-state index contributed by atoms with van der Waals surface area (Å²) in [5, 5.41) is 4.98. The van der Waals surface area contributed by atoms with Crippen LogP contribution >= 0.6 is 11.3 Å². The summed E-state index contributed by atoms with van der Waals surface area (Å²) in [4.78, 5) is 2.41. The summed E-state index contributed by atoms with van der Waals surface area (Å²) >= 11 is 1.86. The standard InChI is InChI=1S/C59H43NOS/c1-38-18-20-43(21-19-38)54-36-44(27-33-48(54)40-10-3-2-4-11-40)39-22-28-45(29-23-39)60(47-32-35-52-51-14-7-8-17-56(51)62-57(52)37-47)46-30-24-42(25-31-46)49-15-9-16-55-58(49)53-34-26-41-12-5-6-13-50(41)59(53)61-55/h2-18,20-38,49,58H,19H2,1H3. The van der Waals surface area contributed by atoms with Gasteiger partial charge in [-0.15, -0.1) is 11.3 Å². The predicted octanol–water partition coefficient (Wildman–Crippen LogP) is 16.7. The zero-order chi connectivity index (χ0) is 41.1. The highest BCUT2D eigenvalue weighted by atomic mass is 32.1. The number of allylic oxidation sites excluding steroid dienone is 8. The van der Waals surface area contributed by atoms with Crippen molar-refractivity contribution in [3.8, 4) is 28.0 Å². The van der Waals surface area contributed by atoms with Crippen LogP contribution in [0.2, 0.25) is 0 Å². The van der Waals surface area contributed by atoms with Crippen LogP contribution in [0, 0.1) is 5.92 Å². The van der Waals surface area contributed by atoms with E-state index in [1.807, 2.05) is 11.3 Å². The molecule has 2 heterocycles. The summed E-state index contributed by atoms with van der Waals surface area (Å²) in [6.07, 6.45) is 14.7. The first-order chi connectivity index (χ1) is 30.6. The summed E-state index contributed by atoms with van der Waals surface area (Å²) in [6.45, 7) is 2.28. The lowest BCUT2D eigenvalue weighted by molar-refractivity contribution is 0.420. The second-order valence-electron chi connectivity index (χ2n) is 16.9. The molecule has 3 unspecified atom stereocenters. The normalized spacial score (nSPS) is 17.7. The Morgan fingerprint density at radius 1 is 0.565 bits per heavy atom. The molecule has 0 saturated carbocycles. The van der Waals surface area contributed by atoms with E-state index >= 15 is 0 Å². The molecule has 12 rings (SSSR count). The average molecular weight is 814 g/mol. The van der Waals surface area contributed by atoms with Crippen molar-refractivity contribution >= 4 is 64.9 Å². The molecule has 3 aliphatic rings. The van der Waals surface area contributed by atoms with Gasteiger partial charge in [0.1, 0.15) is 11.5 Å². The molecule has 296 valence electrons. The molecule has 3 heteroatoms. The summed E-state index contributed by atoms with van der Waals surface area (Å²) in [5.74, 6) is 2.88. The lowest BCUT2D eigenvalue weighted by Gasteiger charge is -2.28. The maximum atomic E-state index is 6.62. The number of hydrogen-bond donors (Lipinski definition) is 0. The Labute approximate surface area is 366 Å². The molecule has 3 atom stereocenters. The number of anilines is 3. The van der Waals surface area contributed by atoms with Gasteiger partial charge in [-0.1, -0.05) is 165 Å². The Balaban J connectivity index is 0.923. The Bertz CT molecular complexity index is 3310. The van der Waals surface area contributed by atoms with Crippen molar-refractivity contribution in [3.63, 3.8) is 0 Å². The van der Waals surface area contributed by atoms with Crippen molar-refractivity contribution in [1.29, 1.82) is 0 Å². The van der Waals surface area contributed by atoms with Crippen LogP contribution in [-0.2, 0) is 0 Å². The molecule has 0 N–H and O–H groups in total. The molecular formula is C59H43NOS. The van der Waals surface area contributed by atoms with Crippen LogP contribution in [0.5, 0.6) is 5.75 Å². The van der Waals surface area contributed by atoms with E-state index in [-0.39, 0.29) is 11.8 Å². The second kappa shape index (κ2) is 15.1. The molecule has 0 saturated heterocycles. The molecule has 2 aliphatic carbocycles. The van der Waals surface area contributed by atoms with Crippen molar-refractivity contribution in [2.75, 3.05) is 4.90 Å². The smallest absolute Gasteiger partial charge is 0.138 e. The van der Waals surface area contributed by atoms with Gasteiger partial charge in [-0.2, -0.15) is 0 Å². The van der Waals surface area contributed by atoms with Gasteiger partial charge in [0.05, 0.1) is 5.92 Å². The van der Waals surface area contributed by atoms with E-state index in [9.17, 15) is 0 Å². The quantitative estimate of drug-likeness (QED) is 0.159. The van der Waals surface area contributed by atoms with Gasteiger partial charge in [-0.25, -0.2) is 0 Å². The molecule has 8 aromatic carbocycles. The van der Waals surface area contributed by atoms with Crippen molar-refractivity contribution in [1.82, 2.24) is 0 Å². The van der Waals surface area contributed by atoms with Crippen LogP contribution in [-0.4, -0.2) is 0 Å². The number of fused-ring (bicyclic) bond motifs is 8. The largest absolute Gasteiger partial charge is 0.460 e. The number of benzene rings is 8. The number of hydrogen-bond acceptors (Lipinski definition) is 3. The molecule has 62 heavy (non-hydrogen) atoms. The molecule has 2 nitrogen and oxygen atoms in total. The molecule has 0 bridgehead atoms. The maximum Gasteiger partial charge on any atom is 0.138 e. The first kappa shape index (κ1) is 36.6. The average Bonchev–Trinajstić information content (AvgIpc) is 3.91. The molecule has 1 aromatic heterocycles. The summed E-state index contributed by atoms with van der Waals surface area (Å²) in [6, 6.07) is 64.8. The van der Waals surface area contributed by atoms with Gasteiger partial charge in [0, 0.05) is 54.1 Å². The first-order valence-corrected chi connectivity index (χ1v) is 22.5.